The van der Waals surface area contributed by atoms with Gasteiger partial charge in [0.1, 0.15) is 15.5 Å². The van der Waals surface area contributed by atoms with Crippen molar-refractivity contribution in [1.82, 2.24) is 0 Å². The first-order chi connectivity index (χ1) is 15.0. The number of nitrogens with one attached hydrogen (secondary N) is 1. The summed E-state index contributed by atoms with van der Waals surface area (Å²) in [6, 6.07) is 5.87. The number of fused-ring (bicyclic) bond motifs is 1. The fourth-order valence-corrected chi connectivity index (χ4v) is 4.95. The van der Waals surface area contributed by atoms with Gasteiger partial charge in [0.2, 0.25) is 0 Å². The molecular weight excluding hydrogens is 504 g/mol. The molecule has 0 saturated carbocycles. The molecule has 16 heteroatoms. The lowest BCUT2D eigenvalue weighted by Crippen LogP contribution is -2.17. The first-order valence-electron chi connectivity index (χ1n) is 8.43. The third-order valence-electron chi connectivity index (χ3n) is 4.38. The number of phenolic OH excluding ortho intramolecular Hbond substituents is 1. The van der Waals surface area contributed by atoms with Crippen molar-refractivity contribution in [3.05, 3.63) is 48.0 Å². The molecule has 3 aromatic carbocycles. The van der Waals surface area contributed by atoms with Gasteiger partial charge in [0.15, 0.2) is 0 Å². The van der Waals surface area contributed by atoms with Gasteiger partial charge < -0.3 is 16.2 Å². The highest BCUT2D eigenvalue weighted by atomic mass is 32.2. The fraction of sp³-hybridized carbons (Fsp3) is 0. The second-order valence-electron chi connectivity index (χ2n) is 6.61. The molecule has 0 aromatic heterocycles. The number of amides is 1. The number of nitrogens with two attached hydrogens (primary N) is 1. The molecule has 33 heavy (non-hydrogen) atoms. The number of hydrogen-bond acceptors (Lipinski definition) is 9. The maximum absolute atomic E-state index is 12.7. The van der Waals surface area contributed by atoms with Gasteiger partial charge in [0, 0.05) is 22.5 Å². The molecule has 0 aliphatic carbocycles. The molecule has 176 valence electrons. The average molecular weight is 519 g/mol. The van der Waals surface area contributed by atoms with E-state index in [0.29, 0.717) is 12.1 Å². The molecule has 7 N–H and O–H groups in total. The Morgan fingerprint density at radius 2 is 1.39 bits per heavy atom. The third kappa shape index (κ3) is 4.90. The van der Waals surface area contributed by atoms with Crippen molar-refractivity contribution >= 4 is 58.4 Å². The summed E-state index contributed by atoms with van der Waals surface area (Å²) in [4.78, 5) is 10.1. The van der Waals surface area contributed by atoms with Crippen LogP contribution in [-0.2, 0) is 30.4 Å². The van der Waals surface area contributed by atoms with Crippen LogP contribution in [0, 0.1) is 0 Å². The van der Waals surface area contributed by atoms with Gasteiger partial charge in [-0.2, -0.15) is 25.3 Å². The van der Waals surface area contributed by atoms with Gasteiger partial charge in [-0.05, 0) is 36.4 Å². The molecule has 0 bridgehead atoms. The molecule has 0 spiro atoms. The molecule has 0 aliphatic heterocycles. The van der Waals surface area contributed by atoms with Gasteiger partial charge >= 0.3 is 0 Å². The number of aromatic hydroxyl groups is 1. The summed E-state index contributed by atoms with van der Waals surface area (Å²) in [5.74, 6) is -2.05. The summed E-state index contributed by atoms with van der Waals surface area (Å²) in [5, 5.41) is 11.5. The van der Waals surface area contributed by atoms with Crippen LogP contribution in [0.1, 0.15) is 10.4 Å². The number of anilines is 2. The normalized spacial score (nSPS) is 12.6. The van der Waals surface area contributed by atoms with E-state index in [1.54, 1.807) is 0 Å². The van der Waals surface area contributed by atoms with Crippen LogP contribution in [0.3, 0.4) is 0 Å². The topological polar surface area (TPSA) is 238 Å². The van der Waals surface area contributed by atoms with Crippen molar-refractivity contribution < 1.29 is 48.8 Å². The number of carbonyl (C=O) groups excluding carboxylic acids is 1. The zero-order chi connectivity index (χ0) is 24.9. The monoisotopic (exact) mass is 518 g/mol. The Morgan fingerprint density at radius 3 is 1.94 bits per heavy atom. The highest BCUT2D eigenvalue weighted by Crippen LogP contribution is 2.38. The van der Waals surface area contributed by atoms with E-state index in [9.17, 15) is 48.8 Å². The average Bonchev–Trinajstić information content (AvgIpc) is 2.65. The van der Waals surface area contributed by atoms with E-state index in [1.165, 1.54) is 6.07 Å². The number of hydrogen-bond donors (Lipinski definition) is 6. The number of rotatable bonds is 5. The summed E-state index contributed by atoms with van der Waals surface area (Å²) in [6.45, 7) is 0. The van der Waals surface area contributed by atoms with E-state index in [1.807, 2.05) is 0 Å². The largest absolute Gasteiger partial charge is 0.507 e. The number of nitrogen functional groups attached to an aromatic ring is 1. The SMILES string of the molecule is Nc1ccc(C(=O)Nc2ccc(S(=O)(=O)O)c3cc(S(=O)(=O)O)cc(O)c23)c(S(=O)(=O)O)c1. The minimum Gasteiger partial charge on any atom is -0.507 e. The predicted molar refractivity (Wildman–Crippen MR) is 114 cm³/mol. The van der Waals surface area contributed by atoms with Crippen LogP contribution >= 0.6 is 0 Å². The molecule has 0 aliphatic rings. The molecule has 0 saturated heterocycles. The zero-order valence-corrected chi connectivity index (χ0v) is 18.4. The van der Waals surface area contributed by atoms with Crippen molar-refractivity contribution in [2.45, 2.75) is 14.7 Å². The van der Waals surface area contributed by atoms with Gasteiger partial charge in [-0.15, -0.1) is 0 Å². The van der Waals surface area contributed by atoms with E-state index in [-0.39, 0.29) is 11.4 Å². The van der Waals surface area contributed by atoms with Gasteiger partial charge in [-0.3, -0.25) is 18.5 Å². The Hall–Kier alpha value is -3.28. The molecule has 0 atom stereocenters. The smallest absolute Gasteiger partial charge is 0.295 e. The molecule has 3 rings (SSSR count). The Morgan fingerprint density at radius 1 is 0.788 bits per heavy atom. The first-order valence-corrected chi connectivity index (χ1v) is 12.8. The third-order valence-corrected chi connectivity index (χ3v) is 7.02. The quantitative estimate of drug-likeness (QED) is 0.206. The van der Waals surface area contributed by atoms with Crippen LogP contribution < -0.4 is 11.1 Å². The van der Waals surface area contributed by atoms with E-state index in [2.05, 4.69) is 5.32 Å². The first kappa shape index (κ1) is 24.4. The minimum absolute atomic E-state index is 0.0856. The van der Waals surface area contributed by atoms with E-state index in [4.69, 9.17) is 5.73 Å². The van der Waals surface area contributed by atoms with Crippen LogP contribution in [0.15, 0.2) is 57.2 Å². The van der Waals surface area contributed by atoms with Crippen molar-refractivity contribution in [2.24, 2.45) is 0 Å². The van der Waals surface area contributed by atoms with Crippen LogP contribution in [0.5, 0.6) is 5.75 Å². The minimum atomic E-state index is -4.96. The maximum Gasteiger partial charge on any atom is 0.295 e. The highest BCUT2D eigenvalue weighted by molar-refractivity contribution is 7.86. The molecule has 1 amide bonds. The Bertz CT molecular complexity index is 1650. The Labute approximate surface area is 186 Å². The second-order valence-corrected chi connectivity index (χ2v) is 10.8. The standard InChI is InChI=1S/C17H14N2O11S3/c18-8-1-2-10(15(5-8)33(28,29)30)17(21)19-12-3-4-14(32(25,26)27)11-6-9(31(22,23)24)7-13(20)16(11)12/h1-7,20H,18H2,(H,19,21)(H,22,23,24)(H,25,26,27)(H,28,29,30). The molecule has 0 heterocycles. The summed E-state index contributed by atoms with van der Waals surface area (Å²) < 4.78 is 97.7. The van der Waals surface area contributed by atoms with E-state index >= 15 is 0 Å². The number of phenols is 1. The second kappa shape index (κ2) is 7.94. The molecule has 0 unspecified atom stereocenters. The van der Waals surface area contributed by atoms with E-state index < -0.39 is 73.0 Å². The highest BCUT2D eigenvalue weighted by Gasteiger charge is 2.25. The number of benzene rings is 3. The van der Waals surface area contributed by atoms with Crippen LogP contribution in [0.2, 0.25) is 0 Å². The van der Waals surface area contributed by atoms with E-state index in [0.717, 1.165) is 24.3 Å². The lowest BCUT2D eigenvalue weighted by atomic mass is 10.1. The van der Waals surface area contributed by atoms with Gasteiger partial charge in [0.25, 0.3) is 36.3 Å². The van der Waals surface area contributed by atoms with Crippen molar-refractivity contribution in [1.29, 1.82) is 0 Å². The molecule has 0 fully saturated rings. The Kier molecular flexibility index (Phi) is 5.86. The predicted octanol–water partition coefficient (Wildman–Crippen LogP) is 1.12. The lowest BCUT2D eigenvalue weighted by molar-refractivity contribution is 0.102. The van der Waals surface area contributed by atoms with Crippen molar-refractivity contribution in [3.8, 4) is 5.75 Å². The summed E-state index contributed by atoms with van der Waals surface area (Å²) in [5.41, 5.74) is 4.51. The van der Waals surface area contributed by atoms with Crippen LogP contribution in [0.4, 0.5) is 11.4 Å². The van der Waals surface area contributed by atoms with Crippen LogP contribution in [-0.4, -0.2) is 49.9 Å². The van der Waals surface area contributed by atoms with Gasteiger partial charge in [-0.25, -0.2) is 0 Å². The zero-order valence-electron chi connectivity index (χ0n) is 16.0. The van der Waals surface area contributed by atoms with Crippen molar-refractivity contribution in [3.63, 3.8) is 0 Å². The van der Waals surface area contributed by atoms with Crippen molar-refractivity contribution in [2.75, 3.05) is 11.1 Å². The lowest BCUT2D eigenvalue weighted by Gasteiger charge is -2.14. The molecule has 13 nitrogen and oxygen atoms in total. The summed E-state index contributed by atoms with van der Waals surface area (Å²) in [6.07, 6.45) is 0. The van der Waals surface area contributed by atoms with Crippen LogP contribution in [0.25, 0.3) is 10.8 Å². The molecule has 3 aromatic rings. The molecule has 0 radical (unpaired) electrons. The fourth-order valence-electron chi connectivity index (χ4n) is 3.02. The van der Waals surface area contributed by atoms with Gasteiger partial charge in [0.05, 0.1) is 16.1 Å². The maximum atomic E-state index is 12.7. The number of carbonyl (C=O) groups is 1. The summed E-state index contributed by atoms with van der Waals surface area (Å²) in [7, 11) is -14.8. The molecular formula is C17H14N2O11S3. The Balaban J connectivity index is 2.27. The van der Waals surface area contributed by atoms with Gasteiger partial charge in [-0.1, -0.05) is 0 Å². The summed E-state index contributed by atoms with van der Waals surface area (Å²) >= 11 is 0.